The Bertz CT molecular complexity index is 598. The largest absolute Gasteiger partial charge is 0.306 e. The van der Waals surface area contributed by atoms with Crippen LogP contribution in [0.15, 0.2) is 36.4 Å². The van der Waals surface area contributed by atoms with E-state index in [-0.39, 0.29) is 0 Å². The molecule has 0 aliphatic rings. The highest BCUT2D eigenvalue weighted by Gasteiger charge is 2.27. The predicted octanol–water partition coefficient (Wildman–Crippen LogP) is 3.04. The summed E-state index contributed by atoms with van der Waals surface area (Å²) in [6, 6.07) is 12.0. The van der Waals surface area contributed by atoms with Crippen LogP contribution in [0.2, 0.25) is 0 Å². The highest BCUT2D eigenvalue weighted by molar-refractivity contribution is 5.49. The van der Waals surface area contributed by atoms with E-state index in [4.69, 9.17) is 11.5 Å². The van der Waals surface area contributed by atoms with E-state index in [9.17, 15) is 0 Å². The molecule has 0 saturated carbocycles. The Morgan fingerprint density at radius 2 is 1.37 bits per heavy atom. The molecule has 0 heterocycles. The molecule has 4 N–H and O–H groups in total. The normalized spacial score (nSPS) is 11.7. The molecule has 0 atom stereocenters. The van der Waals surface area contributed by atoms with Crippen molar-refractivity contribution >= 4 is 0 Å². The van der Waals surface area contributed by atoms with Gasteiger partial charge in [0.15, 0.2) is 0 Å². The predicted molar refractivity (Wildman–Crippen MR) is 81.0 cm³/mol. The van der Waals surface area contributed by atoms with E-state index in [2.05, 4.69) is 33.8 Å². The second kappa shape index (κ2) is 4.80. The van der Waals surface area contributed by atoms with Crippen LogP contribution in [0.4, 0.5) is 0 Å². The van der Waals surface area contributed by atoms with Crippen molar-refractivity contribution in [2.75, 3.05) is 0 Å². The molecule has 0 aliphatic carbocycles. The van der Waals surface area contributed by atoms with E-state index in [0.717, 1.165) is 11.1 Å². The van der Waals surface area contributed by atoms with Gasteiger partial charge in [0.25, 0.3) is 0 Å². The number of hydrogen-bond acceptors (Lipinski definition) is 2. The Balaban J connectivity index is 2.65. The Morgan fingerprint density at radius 1 is 0.789 bits per heavy atom. The molecule has 2 nitrogen and oxygen atoms in total. The highest BCUT2D eigenvalue weighted by atomic mass is 15.0. The zero-order valence-corrected chi connectivity index (χ0v) is 12.1. The summed E-state index contributed by atoms with van der Waals surface area (Å²) in [4.78, 5) is 0. The molecule has 0 bridgehead atoms. The lowest BCUT2D eigenvalue weighted by molar-refractivity contribution is 0.562. The Labute approximate surface area is 115 Å². The van der Waals surface area contributed by atoms with Crippen molar-refractivity contribution in [2.45, 2.75) is 33.4 Å². The molecule has 2 aromatic rings. The monoisotopic (exact) mass is 254 g/mol. The van der Waals surface area contributed by atoms with Crippen LogP contribution >= 0.6 is 0 Å². The fourth-order valence-corrected chi connectivity index (χ4v) is 2.51. The molecule has 0 unspecified atom stereocenters. The van der Waals surface area contributed by atoms with E-state index in [1.165, 1.54) is 22.3 Å². The smallest absolute Gasteiger partial charge is 0.117 e. The van der Waals surface area contributed by atoms with Crippen LogP contribution in [-0.2, 0) is 5.66 Å². The first kappa shape index (κ1) is 13.8. The van der Waals surface area contributed by atoms with Gasteiger partial charge in [-0.2, -0.15) is 0 Å². The summed E-state index contributed by atoms with van der Waals surface area (Å²) in [5.41, 5.74) is 18.8. The van der Waals surface area contributed by atoms with Crippen LogP contribution in [0.1, 0.15) is 33.4 Å². The van der Waals surface area contributed by atoms with Gasteiger partial charge < -0.3 is 11.5 Å². The highest BCUT2D eigenvalue weighted by Crippen LogP contribution is 2.29. The van der Waals surface area contributed by atoms with Crippen molar-refractivity contribution in [1.82, 2.24) is 0 Å². The van der Waals surface area contributed by atoms with Crippen LogP contribution in [0.3, 0.4) is 0 Å². The van der Waals surface area contributed by atoms with E-state index in [1.807, 2.05) is 30.3 Å². The van der Waals surface area contributed by atoms with E-state index in [0.29, 0.717) is 0 Å². The zero-order valence-electron chi connectivity index (χ0n) is 12.1. The van der Waals surface area contributed by atoms with Gasteiger partial charge in [-0.1, -0.05) is 36.4 Å². The third-order valence-electron chi connectivity index (χ3n) is 4.18. The SMILES string of the molecule is Cc1cc(C(N)(N)c2ccccc2)c(C)c(C)c1C. The third kappa shape index (κ3) is 2.29. The molecule has 0 fully saturated rings. The average Bonchev–Trinajstić information content (AvgIpc) is 2.41. The molecule has 0 radical (unpaired) electrons. The molecular weight excluding hydrogens is 232 g/mol. The quantitative estimate of drug-likeness (QED) is 0.809. The molecule has 0 saturated heterocycles. The molecule has 0 aromatic heterocycles. The van der Waals surface area contributed by atoms with Crippen molar-refractivity contribution in [2.24, 2.45) is 11.5 Å². The van der Waals surface area contributed by atoms with Crippen molar-refractivity contribution in [3.05, 3.63) is 69.8 Å². The average molecular weight is 254 g/mol. The number of rotatable bonds is 2. The van der Waals surface area contributed by atoms with Gasteiger partial charge in [-0.05, 0) is 61.1 Å². The Hall–Kier alpha value is -1.64. The first-order valence-corrected chi connectivity index (χ1v) is 6.57. The van der Waals surface area contributed by atoms with Crippen LogP contribution < -0.4 is 11.5 Å². The van der Waals surface area contributed by atoms with Gasteiger partial charge in [0.05, 0.1) is 0 Å². The Morgan fingerprint density at radius 3 is 1.95 bits per heavy atom. The second-order valence-corrected chi connectivity index (χ2v) is 5.35. The van der Waals surface area contributed by atoms with Crippen molar-refractivity contribution in [3.63, 3.8) is 0 Å². The fourth-order valence-electron chi connectivity index (χ4n) is 2.51. The maximum absolute atomic E-state index is 6.43. The summed E-state index contributed by atoms with van der Waals surface area (Å²) < 4.78 is 0. The van der Waals surface area contributed by atoms with Crippen molar-refractivity contribution in [3.8, 4) is 0 Å². The summed E-state index contributed by atoms with van der Waals surface area (Å²) in [5.74, 6) is 0. The van der Waals surface area contributed by atoms with Gasteiger partial charge in [0.1, 0.15) is 5.66 Å². The number of hydrogen-bond donors (Lipinski definition) is 2. The minimum atomic E-state index is -0.950. The van der Waals surface area contributed by atoms with Crippen LogP contribution in [-0.4, -0.2) is 0 Å². The van der Waals surface area contributed by atoms with Crippen LogP contribution in [0, 0.1) is 27.7 Å². The van der Waals surface area contributed by atoms with Gasteiger partial charge in [-0.3, -0.25) is 0 Å². The molecule has 0 spiro atoms. The van der Waals surface area contributed by atoms with Crippen LogP contribution in [0.25, 0.3) is 0 Å². The molecular formula is C17H22N2. The first-order valence-electron chi connectivity index (χ1n) is 6.57. The maximum atomic E-state index is 6.43. The summed E-state index contributed by atoms with van der Waals surface area (Å²) in [7, 11) is 0. The number of nitrogens with two attached hydrogens (primary N) is 2. The summed E-state index contributed by atoms with van der Waals surface area (Å²) in [6.07, 6.45) is 0. The summed E-state index contributed by atoms with van der Waals surface area (Å²) in [6.45, 7) is 8.46. The zero-order chi connectivity index (χ0) is 14.2. The number of benzene rings is 2. The van der Waals surface area contributed by atoms with Crippen molar-refractivity contribution in [1.29, 1.82) is 0 Å². The first-order chi connectivity index (χ1) is 8.85. The molecule has 2 heteroatoms. The van der Waals surface area contributed by atoms with Gasteiger partial charge in [-0.15, -0.1) is 0 Å². The van der Waals surface area contributed by atoms with E-state index < -0.39 is 5.66 Å². The van der Waals surface area contributed by atoms with Gasteiger partial charge in [-0.25, -0.2) is 0 Å². The lowest BCUT2D eigenvalue weighted by atomic mass is 9.85. The van der Waals surface area contributed by atoms with Crippen molar-refractivity contribution < 1.29 is 0 Å². The number of aryl methyl sites for hydroxylation is 1. The van der Waals surface area contributed by atoms with Crippen LogP contribution in [0.5, 0.6) is 0 Å². The minimum Gasteiger partial charge on any atom is -0.306 e. The molecule has 0 aliphatic heterocycles. The topological polar surface area (TPSA) is 52.0 Å². The van der Waals surface area contributed by atoms with Gasteiger partial charge >= 0.3 is 0 Å². The van der Waals surface area contributed by atoms with E-state index >= 15 is 0 Å². The standard InChI is InChI=1S/C17H22N2/c1-11-10-16(14(4)13(3)12(11)2)17(18,19)15-8-6-5-7-9-15/h5-10H,18-19H2,1-4H3. The fraction of sp³-hybridized carbons (Fsp3) is 0.294. The molecule has 0 amide bonds. The minimum absolute atomic E-state index is 0.931. The maximum Gasteiger partial charge on any atom is 0.117 e. The third-order valence-corrected chi connectivity index (χ3v) is 4.18. The lowest BCUT2D eigenvalue weighted by Gasteiger charge is -2.29. The molecule has 100 valence electrons. The van der Waals surface area contributed by atoms with Gasteiger partial charge in [0.2, 0.25) is 0 Å². The summed E-state index contributed by atoms with van der Waals surface area (Å²) >= 11 is 0. The molecule has 2 aromatic carbocycles. The molecule has 2 rings (SSSR count). The summed E-state index contributed by atoms with van der Waals surface area (Å²) in [5, 5.41) is 0. The lowest BCUT2D eigenvalue weighted by Crippen LogP contribution is -2.47. The van der Waals surface area contributed by atoms with E-state index in [1.54, 1.807) is 0 Å². The van der Waals surface area contributed by atoms with Gasteiger partial charge in [0, 0.05) is 0 Å². The second-order valence-electron chi connectivity index (χ2n) is 5.35. The Kier molecular flexibility index (Phi) is 3.48. The molecule has 19 heavy (non-hydrogen) atoms.